The summed E-state index contributed by atoms with van der Waals surface area (Å²) in [7, 11) is 0. The summed E-state index contributed by atoms with van der Waals surface area (Å²) in [5.74, 6) is 2.23. The molecule has 1 unspecified atom stereocenters. The number of nitrogens with one attached hydrogen (secondary N) is 1. The molecule has 2 aliphatic heterocycles. The van der Waals surface area contributed by atoms with Gasteiger partial charge in [-0.3, -0.25) is 4.79 Å². The first-order chi connectivity index (χ1) is 9.16. The number of urea groups is 1. The van der Waals surface area contributed by atoms with Crippen molar-refractivity contribution < 1.29 is 14.7 Å². The molecule has 0 aromatic heterocycles. The van der Waals surface area contributed by atoms with Gasteiger partial charge in [0.15, 0.2) is 0 Å². The number of likely N-dealkylation sites (tertiary alicyclic amines) is 1. The van der Waals surface area contributed by atoms with Crippen LogP contribution in [0.4, 0.5) is 4.79 Å². The van der Waals surface area contributed by atoms with E-state index in [0.29, 0.717) is 31.3 Å². The Morgan fingerprint density at radius 3 is 2.89 bits per heavy atom. The molecule has 0 radical (unpaired) electrons. The third kappa shape index (κ3) is 4.49. The van der Waals surface area contributed by atoms with E-state index < -0.39 is 11.9 Å². The first kappa shape index (κ1) is 14.8. The fourth-order valence-corrected chi connectivity index (χ4v) is 4.94. The van der Waals surface area contributed by atoms with Crippen LogP contribution >= 0.6 is 23.5 Å². The van der Waals surface area contributed by atoms with Gasteiger partial charge in [-0.1, -0.05) is 0 Å². The molecule has 2 fully saturated rings. The van der Waals surface area contributed by atoms with Crippen molar-refractivity contribution in [3.63, 3.8) is 0 Å². The number of carbonyl (C=O) groups excluding carboxylic acids is 1. The Bertz CT molecular complexity index is 335. The van der Waals surface area contributed by atoms with Crippen LogP contribution in [0.1, 0.15) is 12.8 Å². The molecule has 0 aromatic rings. The van der Waals surface area contributed by atoms with Crippen LogP contribution in [0.25, 0.3) is 0 Å². The van der Waals surface area contributed by atoms with Gasteiger partial charge in [0.2, 0.25) is 0 Å². The number of carbonyl (C=O) groups is 2. The quantitative estimate of drug-likeness (QED) is 0.823. The predicted molar refractivity (Wildman–Crippen MR) is 78.9 cm³/mol. The Morgan fingerprint density at radius 2 is 2.21 bits per heavy atom. The number of hydrogen-bond acceptors (Lipinski definition) is 4. The average molecular weight is 304 g/mol. The Kier molecular flexibility index (Phi) is 5.69. The van der Waals surface area contributed by atoms with Crippen molar-refractivity contribution in [3.05, 3.63) is 0 Å². The molecule has 2 N–H and O–H groups in total. The Labute approximate surface area is 121 Å². The highest BCUT2D eigenvalue weighted by Gasteiger charge is 2.28. The highest BCUT2D eigenvalue weighted by atomic mass is 32.2. The van der Waals surface area contributed by atoms with Gasteiger partial charge in [-0.2, -0.15) is 23.5 Å². The molecule has 108 valence electrons. The van der Waals surface area contributed by atoms with Crippen molar-refractivity contribution >= 4 is 35.5 Å². The van der Waals surface area contributed by atoms with E-state index in [-0.39, 0.29) is 6.03 Å². The van der Waals surface area contributed by atoms with Crippen molar-refractivity contribution in [1.29, 1.82) is 0 Å². The number of nitrogens with zero attached hydrogens (tertiary/aromatic N) is 1. The second-order valence-corrected chi connectivity index (χ2v) is 7.44. The summed E-state index contributed by atoms with van der Waals surface area (Å²) >= 11 is 3.84. The smallest absolute Gasteiger partial charge is 0.317 e. The van der Waals surface area contributed by atoms with Crippen LogP contribution in [0, 0.1) is 5.92 Å². The molecule has 7 heteroatoms. The topological polar surface area (TPSA) is 69.6 Å². The van der Waals surface area contributed by atoms with Gasteiger partial charge in [-0.15, -0.1) is 0 Å². The van der Waals surface area contributed by atoms with Crippen LogP contribution in [0.5, 0.6) is 0 Å². The summed E-state index contributed by atoms with van der Waals surface area (Å²) < 4.78 is 0. The fourth-order valence-electron chi connectivity index (χ4n) is 2.33. The minimum absolute atomic E-state index is 0.109. The normalized spacial score (nSPS) is 27.9. The van der Waals surface area contributed by atoms with Crippen LogP contribution in [0.3, 0.4) is 0 Å². The maximum Gasteiger partial charge on any atom is 0.317 e. The standard InChI is InChI=1S/C12H20N2O3S2/c15-11(16)9-2-1-3-14(7-9)12(17)13-6-10-8-18-4-5-19-10/h9-10H,1-8H2,(H,13,17)(H,15,16)/t9-,10?/m0/s1. The molecule has 2 aliphatic rings. The first-order valence-corrected chi connectivity index (χ1v) is 8.82. The van der Waals surface area contributed by atoms with E-state index in [1.165, 1.54) is 5.75 Å². The van der Waals surface area contributed by atoms with Crippen molar-refractivity contribution in [2.45, 2.75) is 18.1 Å². The van der Waals surface area contributed by atoms with E-state index >= 15 is 0 Å². The van der Waals surface area contributed by atoms with Gasteiger partial charge in [-0.05, 0) is 12.8 Å². The van der Waals surface area contributed by atoms with Crippen LogP contribution in [-0.2, 0) is 4.79 Å². The largest absolute Gasteiger partial charge is 0.481 e. The minimum Gasteiger partial charge on any atom is -0.481 e. The number of hydrogen-bond donors (Lipinski definition) is 2. The molecule has 0 spiro atoms. The third-order valence-corrected chi connectivity index (χ3v) is 6.27. The van der Waals surface area contributed by atoms with Gasteiger partial charge in [0.25, 0.3) is 0 Å². The number of thioether (sulfide) groups is 2. The van der Waals surface area contributed by atoms with Gasteiger partial charge in [0.05, 0.1) is 5.92 Å². The maximum absolute atomic E-state index is 12.0. The molecule has 0 saturated carbocycles. The Morgan fingerprint density at radius 1 is 1.37 bits per heavy atom. The molecule has 2 saturated heterocycles. The molecule has 2 heterocycles. The van der Waals surface area contributed by atoms with E-state index in [2.05, 4.69) is 5.32 Å². The monoisotopic (exact) mass is 304 g/mol. The number of carboxylic acids is 1. The van der Waals surface area contributed by atoms with Gasteiger partial charge < -0.3 is 15.3 Å². The van der Waals surface area contributed by atoms with Gasteiger partial charge in [-0.25, -0.2) is 4.79 Å². The zero-order valence-corrected chi connectivity index (χ0v) is 12.5. The molecule has 19 heavy (non-hydrogen) atoms. The van der Waals surface area contributed by atoms with Gasteiger partial charge in [0, 0.05) is 42.1 Å². The zero-order chi connectivity index (χ0) is 13.7. The van der Waals surface area contributed by atoms with Crippen LogP contribution in [-0.4, -0.2) is 64.1 Å². The first-order valence-electron chi connectivity index (χ1n) is 6.61. The minimum atomic E-state index is -0.795. The van der Waals surface area contributed by atoms with Crippen molar-refractivity contribution in [3.8, 4) is 0 Å². The Hall–Kier alpha value is -0.560. The molecule has 0 bridgehead atoms. The molecular formula is C12H20N2O3S2. The van der Waals surface area contributed by atoms with E-state index in [9.17, 15) is 9.59 Å². The highest BCUT2D eigenvalue weighted by Crippen LogP contribution is 2.23. The molecule has 5 nitrogen and oxygen atoms in total. The fraction of sp³-hybridized carbons (Fsp3) is 0.833. The summed E-state index contributed by atoms with van der Waals surface area (Å²) in [6.45, 7) is 1.70. The van der Waals surface area contributed by atoms with Crippen LogP contribution in [0.2, 0.25) is 0 Å². The van der Waals surface area contributed by atoms with Gasteiger partial charge >= 0.3 is 12.0 Å². The van der Waals surface area contributed by atoms with E-state index in [4.69, 9.17) is 5.11 Å². The lowest BCUT2D eigenvalue weighted by Crippen LogP contribution is -2.48. The SMILES string of the molecule is O=C(O)[C@H]1CCCN(C(=O)NCC2CSCCS2)C1. The number of amides is 2. The summed E-state index contributed by atoms with van der Waals surface area (Å²) in [5, 5.41) is 12.4. The van der Waals surface area contributed by atoms with Crippen LogP contribution < -0.4 is 5.32 Å². The molecule has 0 aliphatic carbocycles. The highest BCUT2D eigenvalue weighted by molar-refractivity contribution is 8.06. The molecule has 2 amide bonds. The van der Waals surface area contributed by atoms with E-state index in [1.54, 1.807) is 4.90 Å². The molecular weight excluding hydrogens is 284 g/mol. The number of piperidine rings is 1. The zero-order valence-electron chi connectivity index (χ0n) is 10.8. The lowest BCUT2D eigenvalue weighted by molar-refractivity contribution is -0.143. The maximum atomic E-state index is 12.0. The number of carboxylic acid groups (broad SMARTS) is 1. The number of aliphatic carboxylic acids is 1. The predicted octanol–water partition coefficient (Wildman–Crippen LogP) is 1.34. The lowest BCUT2D eigenvalue weighted by Gasteiger charge is -2.31. The number of rotatable bonds is 3. The summed E-state index contributed by atoms with van der Waals surface area (Å²) in [6.07, 6.45) is 1.45. The molecule has 0 aromatic carbocycles. The van der Waals surface area contributed by atoms with Crippen molar-refractivity contribution in [2.24, 2.45) is 5.92 Å². The third-order valence-electron chi connectivity index (χ3n) is 3.42. The second-order valence-electron chi connectivity index (χ2n) is 4.88. The Balaban J connectivity index is 1.74. The van der Waals surface area contributed by atoms with Crippen molar-refractivity contribution in [2.75, 3.05) is 36.9 Å². The van der Waals surface area contributed by atoms with E-state index in [0.717, 1.165) is 17.9 Å². The summed E-state index contributed by atoms with van der Waals surface area (Å²) in [5.41, 5.74) is 0. The van der Waals surface area contributed by atoms with Crippen LogP contribution in [0.15, 0.2) is 0 Å². The summed E-state index contributed by atoms with van der Waals surface area (Å²) in [4.78, 5) is 24.6. The average Bonchev–Trinajstić information content (AvgIpc) is 2.46. The molecule has 2 rings (SSSR count). The summed E-state index contributed by atoms with van der Waals surface area (Å²) in [6, 6.07) is -0.109. The van der Waals surface area contributed by atoms with Gasteiger partial charge in [0.1, 0.15) is 0 Å². The lowest BCUT2D eigenvalue weighted by atomic mass is 9.99. The van der Waals surface area contributed by atoms with Crippen molar-refractivity contribution in [1.82, 2.24) is 10.2 Å². The molecule has 2 atom stereocenters. The second kappa shape index (κ2) is 7.28. The van der Waals surface area contributed by atoms with E-state index in [1.807, 2.05) is 23.5 Å².